The molecule has 0 aromatic heterocycles. The number of hydrogen-bond acceptors (Lipinski definition) is 3. The summed E-state index contributed by atoms with van der Waals surface area (Å²) in [7, 11) is 0. The highest BCUT2D eigenvalue weighted by atomic mass is 19.4. The van der Waals surface area contributed by atoms with E-state index in [4.69, 9.17) is 9.84 Å². The molecule has 0 aliphatic heterocycles. The normalized spacial score (nSPS) is 18.4. The molecular formula is C11H20F3NO2. The molecule has 6 heteroatoms. The Labute approximate surface area is 99.3 Å². The minimum atomic E-state index is -4.09. The molecule has 1 rings (SSSR count). The molecule has 1 aliphatic rings. The Bertz CT molecular complexity index is 207. The van der Waals surface area contributed by atoms with Crippen molar-refractivity contribution in [2.24, 2.45) is 0 Å². The Morgan fingerprint density at radius 2 is 2.00 bits per heavy atom. The van der Waals surface area contributed by atoms with Crippen molar-refractivity contribution in [1.82, 2.24) is 5.32 Å². The van der Waals surface area contributed by atoms with Gasteiger partial charge in [-0.15, -0.1) is 0 Å². The van der Waals surface area contributed by atoms with E-state index in [1.54, 1.807) is 0 Å². The minimum absolute atomic E-state index is 0.00332. The van der Waals surface area contributed by atoms with Crippen LogP contribution in [0.4, 0.5) is 13.2 Å². The summed E-state index contributed by atoms with van der Waals surface area (Å²) in [4.78, 5) is 0. The summed E-state index contributed by atoms with van der Waals surface area (Å²) in [5.41, 5.74) is 0. The topological polar surface area (TPSA) is 41.5 Å². The zero-order chi connectivity index (χ0) is 12.7. The van der Waals surface area contributed by atoms with Gasteiger partial charge in [0.15, 0.2) is 0 Å². The number of hydrogen-bond donors (Lipinski definition) is 2. The van der Waals surface area contributed by atoms with Crippen molar-refractivity contribution in [3.05, 3.63) is 0 Å². The van der Waals surface area contributed by atoms with E-state index in [1.807, 2.05) is 0 Å². The minimum Gasteiger partial charge on any atom is -0.395 e. The van der Waals surface area contributed by atoms with Crippen molar-refractivity contribution in [2.45, 2.75) is 50.4 Å². The van der Waals surface area contributed by atoms with Crippen LogP contribution < -0.4 is 5.32 Å². The molecule has 0 heterocycles. The fraction of sp³-hybridized carbons (Fsp3) is 1.00. The van der Waals surface area contributed by atoms with Crippen molar-refractivity contribution in [1.29, 1.82) is 0 Å². The molecule has 1 aliphatic carbocycles. The Balaban J connectivity index is 1.91. The number of ether oxygens (including phenoxy) is 1. The quantitative estimate of drug-likeness (QED) is 0.618. The second-order valence-electron chi connectivity index (χ2n) is 4.44. The van der Waals surface area contributed by atoms with Crippen LogP contribution in [0.1, 0.15) is 32.1 Å². The van der Waals surface area contributed by atoms with Gasteiger partial charge in [-0.2, -0.15) is 13.2 Å². The smallest absolute Gasteiger partial charge is 0.389 e. The van der Waals surface area contributed by atoms with E-state index in [0.29, 0.717) is 19.1 Å². The van der Waals surface area contributed by atoms with Crippen molar-refractivity contribution < 1.29 is 23.0 Å². The second-order valence-corrected chi connectivity index (χ2v) is 4.44. The first-order chi connectivity index (χ1) is 8.01. The van der Waals surface area contributed by atoms with Gasteiger partial charge in [-0.25, -0.2) is 0 Å². The van der Waals surface area contributed by atoms with E-state index < -0.39 is 12.6 Å². The maximum absolute atomic E-state index is 11.8. The van der Waals surface area contributed by atoms with Gasteiger partial charge in [0.2, 0.25) is 0 Å². The molecule has 1 fully saturated rings. The molecule has 0 amide bonds. The Morgan fingerprint density at radius 3 is 2.53 bits per heavy atom. The third-order valence-corrected chi connectivity index (χ3v) is 2.63. The molecule has 1 atom stereocenters. The zero-order valence-corrected chi connectivity index (χ0v) is 9.80. The molecule has 17 heavy (non-hydrogen) atoms. The van der Waals surface area contributed by atoms with Crippen LogP contribution >= 0.6 is 0 Å². The van der Waals surface area contributed by atoms with Crippen LogP contribution in [-0.4, -0.2) is 43.2 Å². The highest BCUT2D eigenvalue weighted by Gasteiger charge is 2.26. The lowest BCUT2D eigenvalue weighted by Gasteiger charge is -2.15. The van der Waals surface area contributed by atoms with Crippen LogP contribution in [0.2, 0.25) is 0 Å². The average molecular weight is 255 g/mol. The van der Waals surface area contributed by atoms with E-state index in [-0.39, 0.29) is 25.7 Å². The number of alkyl halides is 3. The van der Waals surface area contributed by atoms with Gasteiger partial charge >= 0.3 is 6.18 Å². The van der Waals surface area contributed by atoms with Gasteiger partial charge in [-0.3, -0.25) is 0 Å². The molecule has 1 saturated carbocycles. The van der Waals surface area contributed by atoms with Gasteiger partial charge in [-0.05, 0) is 25.7 Å². The first kappa shape index (κ1) is 14.7. The number of aliphatic hydroxyl groups excluding tert-OH is 1. The van der Waals surface area contributed by atoms with Crippen molar-refractivity contribution in [3.63, 3.8) is 0 Å². The van der Waals surface area contributed by atoms with Crippen LogP contribution in [0.5, 0.6) is 0 Å². The summed E-state index contributed by atoms with van der Waals surface area (Å²) >= 11 is 0. The SMILES string of the molecule is OCC(CCOCCCC(F)(F)F)NC1CC1. The summed E-state index contributed by atoms with van der Waals surface area (Å²) in [5.74, 6) is 0. The lowest BCUT2D eigenvalue weighted by Crippen LogP contribution is -2.35. The monoisotopic (exact) mass is 255 g/mol. The summed E-state index contributed by atoms with van der Waals surface area (Å²) in [5, 5.41) is 12.3. The van der Waals surface area contributed by atoms with E-state index in [9.17, 15) is 13.2 Å². The van der Waals surface area contributed by atoms with Crippen molar-refractivity contribution in [2.75, 3.05) is 19.8 Å². The molecule has 2 N–H and O–H groups in total. The predicted molar refractivity (Wildman–Crippen MR) is 57.8 cm³/mol. The molecule has 0 bridgehead atoms. The third-order valence-electron chi connectivity index (χ3n) is 2.63. The van der Waals surface area contributed by atoms with E-state index in [0.717, 1.165) is 12.8 Å². The van der Waals surface area contributed by atoms with Gasteiger partial charge in [0.05, 0.1) is 6.61 Å². The van der Waals surface area contributed by atoms with Gasteiger partial charge in [0.1, 0.15) is 0 Å². The molecule has 102 valence electrons. The molecule has 0 aromatic rings. The molecule has 1 unspecified atom stereocenters. The number of aliphatic hydroxyl groups is 1. The maximum Gasteiger partial charge on any atom is 0.389 e. The van der Waals surface area contributed by atoms with Crippen LogP contribution in [0, 0.1) is 0 Å². The predicted octanol–water partition coefficient (Wildman–Crippen LogP) is 1.85. The molecule has 0 radical (unpaired) electrons. The summed E-state index contributed by atoms with van der Waals surface area (Å²) in [6, 6.07) is 0.516. The number of halogens is 3. The molecule has 0 spiro atoms. The average Bonchev–Trinajstić information content (AvgIpc) is 3.03. The van der Waals surface area contributed by atoms with Crippen LogP contribution in [-0.2, 0) is 4.74 Å². The Morgan fingerprint density at radius 1 is 1.29 bits per heavy atom. The molecule has 0 aromatic carbocycles. The molecule has 0 saturated heterocycles. The maximum atomic E-state index is 11.8. The Hall–Kier alpha value is -0.330. The van der Waals surface area contributed by atoms with Crippen molar-refractivity contribution in [3.8, 4) is 0 Å². The van der Waals surface area contributed by atoms with Gasteiger partial charge in [-0.1, -0.05) is 0 Å². The summed E-state index contributed by atoms with van der Waals surface area (Å²) < 4.78 is 40.5. The van der Waals surface area contributed by atoms with E-state index >= 15 is 0 Å². The molecular weight excluding hydrogens is 235 g/mol. The summed E-state index contributed by atoms with van der Waals surface area (Å²) in [6.45, 7) is 0.562. The summed E-state index contributed by atoms with van der Waals surface area (Å²) in [6.07, 6.45) is -1.96. The van der Waals surface area contributed by atoms with Crippen LogP contribution in [0.25, 0.3) is 0 Å². The third kappa shape index (κ3) is 8.40. The van der Waals surface area contributed by atoms with Gasteiger partial charge in [0.25, 0.3) is 0 Å². The number of nitrogens with one attached hydrogen (secondary N) is 1. The highest BCUT2D eigenvalue weighted by molar-refractivity contribution is 4.84. The lowest BCUT2D eigenvalue weighted by molar-refractivity contribution is -0.137. The van der Waals surface area contributed by atoms with Gasteiger partial charge < -0.3 is 15.2 Å². The van der Waals surface area contributed by atoms with Crippen molar-refractivity contribution >= 4 is 0 Å². The standard InChI is InChI=1S/C11H20F3NO2/c12-11(13,14)5-1-6-17-7-4-10(8-16)15-9-2-3-9/h9-10,15-16H,1-8H2. The first-order valence-corrected chi connectivity index (χ1v) is 6.02. The number of rotatable bonds is 9. The largest absolute Gasteiger partial charge is 0.395 e. The zero-order valence-electron chi connectivity index (χ0n) is 9.80. The highest BCUT2D eigenvalue weighted by Crippen LogP contribution is 2.21. The van der Waals surface area contributed by atoms with Crippen LogP contribution in [0.15, 0.2) is 0 Å². The Kier molecular flexibility index (Phi) is 6.22. The van der Waals surface area contributed by atoms with Gasteiger partial charge in [0, 0.05) is 31.7 Å². The fourth-order valence-electron chi connectivity index (χ4n) is 1.51. The van der Waals surface area contributed by atoms with E-state index in [2.05, 4.69) is 5.32 Å². The fourth-order valence-corrected chi connectivity index (χ4v) is 1.51. The lowest BCUT2D eigenvalue weighted by atomic mass is 10.2. The van der Waals surface area contributed by atoms with Crippen LogP contribution in [0.3, 0.4) is 0 Å². The molecule has 3 nitrogen and oxygen atoms in total. The van der Waals surface area contributed by atoms with E-state index in [1.165, 1.54) is 0 Å². The first-order valence-electron chi connectivity index (χ1n) is 6.02. The second kappa shape index (κ2) is 7.18.